The van der Waals surface area contributed by atoms with Crippen molar-refractivity contribution in [1.82, 2.24) is 0 Å². The fraction of sp³-hybridized carbons (Fsp3) is 0.316. The summed E-state index contributed by atoms with van der Waals surface area (Å²) in [6, 6.07) is 18.9. The van der Waals surface area contributed by atoms with Gasteiger partial charge in [-0.1, -0.05) is 49.7 Å². The molecule has 0 aromatic heterocycles. The van der Waals surface area contributed by atoms with E-state index >= 15 is 0 Å². The highest BCUT2D eigenvalue weighted by atomic mass is 16.7. The predicted molar refractivity (Wildman–Crippen MR) is 91.7 cm³/mol. The first kappa shape index (κ1) is 16.9. The van der Waals surface area contributed by atoms with E-state index in [9.17, 15) is 4.79 Å². The summed E-state index contributed by atoms with van der Waals surface area (Å²) in [7, 11) is 0. The Morgan fingerprint density at radius 2 is 1.61 bits per heavy atom. The molecule has 0 aliphatic rings. The Kier molecular flexibility index (Phi) is 6.48. The Labute approximate surface area is 137 Å². The largest absolute Gasteiger partial charge is 0.515 e. The highest BCUT2D eigenvalue weighted by Gasteiger charge is 2.22. The van der Waals surface area contributed by atoms with E-state index in [1.165, 1.54) is 0 Å². The Bertz CT molecular complexity index is 586. The Balaban J connectivity index is 2.06. The zero-order chi connectivity index (χ0) is 16.5. The molecule has 2 aromatic rings. The molecule has 0 saturated heterocycles. The lowest BCUT2D eigenvalue weighted by Gasteiger charge is -2.31. The number of benzene rings is 2. The second-order valence-corrected chi connectivity index (χ2v) is 5.15. The molecule has 2 rings (SSSR count). The fourth-order valence-corrected chi connectivity index (χ4v) is 2.42. The molecule has 0 radical (unpaired) electrons. The van der Waals surface area contributed by atoms with Crippen LogP contribution in [0.3, 0.4) is 0 Å². The first-order valence-electron chi connectivity index (χ1n) is 7.99. The maximum atomic E-state index is 12.1. The molecule has 0 fully saturated rings. The minimum absolute atomic E-state index is 0.344. The highest BCUT2D eigenvalue weighted by molar-refractivity contribution is 5.64. The van der Waals surface area contributed by atoms with Crippen LogP contribution in [0.5, 0.6) is 5.75 Å². The number of hydrogen-bond acceptors (Lipinski definition) is 4. The molecule has 0 bridgehead atoms. The van der Waals surface area contributed by atoms with E-state index < -0.39 is 6.16 Å². The third kappa shape index (κ3) is 5.02. The summed E-state index contributed by atoms with van der Waals surface area (Å²) in [4.78, 5) is 14.1. The van der Waals surface area contributed by atoms with E-state index in [0.29, 0.717) is 5.75 Å². The molecule has 0 aliphatic carbocycles. The number of hydrogen-bond donors (Lipinski definition) is 0. The standard InChI is InChI=1S/C19H23NO3/c1-3-11-18(20(4-2)16-12-7-5-8-13-16)23-19(21)22-17-14-9-6-10-15-17/h5-10,12-15,18H,3-4,11H2,1-2H3. The number of rotatable bonds is 7. The van der Waals surface area contributed by atoms with Gasteiger partial charge in [0.15, 0.2) is 6.23 Å². The molecule has 0 spiro atoms. The molecule has 4 heteroatoms. The van der Waals surface area contributed by atoms with Gasteiger partial charge in [-0.3, -0.25) is 0 Å². The van der Waals surface area contributed by atoms with Crippen LogP contribution in [0.25, 0.3) is 0 Å². The molecule has 0 aliphatic heterocycles. The third-order valence-electron chi connectivity index (χ3n) is 3.49. The highest BCUT2D eigenvalue weighted by Crippen LogP contribution is 2.20. The van der Waals surface area contributed by atoms with E-state index in [1.807, 2.05) is 55.5 Å². The van der Waals surface area contributed by atoms with Gasteiger partial charge in [0.2, 0.25) is 0 Å². The van der Waals surface area contributed by atoms with Crippen LogP contribution in [0.2, 0.25) is 0 Å². The minimum atomic E-state index is -0.677. The second kappa shape index (κ2) is 8.83. The van der Waals surface area contributed by atoms with Gasteiger partial charge in [0.1, 0.15) is 5.75 Å². The molecule has 1 unspecified atom stereocenters. The molecular formula is C19H23NO3. The maximum absolute atomic E-state index is 12.1. The van der Waals surface area contributed by atoms with E-state index in [-0.39, 0.29) is 6.23 Å². The fourth-order valence-electron chi connectivity index (χ4n) is 2.42. The summed E-state index contributed by atoms with van der Waals surface area (Å²) in [6.07, 6.45) is 0.631. The van der Waals surface area contributed by atoms with Crippen molar-refractivity contribution in [2.75, 3.05) is 11.4 Å². The SMILES string of the molecule is CCCC(OC(=O)Oc1ccccc1)N(CC)c1ccccc1. The number of carbonyl (C=O) groups excluding carboxylic acids is 1. The zero-order valence-electron chi connectivity index (χ0n) is 13.6. The number of nitrogens with zero attached hydrogens (tertiary/aromatic N) is 1. The van der Waals surface area contributed by atoms with Crippen molar-refractivity contribution in [3.05, 3.63) is 60.7 Å². The number of ether oxygens (including phenoxy) is 2. The van der Waals surface area contributed by atoms with Gasteiger partial charge in [0.25, 0.3) is 0 Å². The van der Waals surface area contributed by atoms with Gasteiger partial charge in [-0.15, -0.1) is 0 Å². The molecule has 0 amide bonds. The quantitative estimate of drug-likeness (QED) is 0.416. The normalized spacial score (nSPS) is 11.6. The molecular weight excluding hydrogens is 290 g/mol. The van der Waals surface area contributed by atoms with Crippen LogP contribution in [0, 0.1) is 0 Å². The number of carbonyl (C=O) groups is 1. The first-order chi connectivity index (χ1) is 11.2. The topological polar surface area (TPSA) is 38.8 Å². The van der Waals surface area contributed by atoms with Gasteiger partial charge in [-0.05, 0) is 31.2 Å². The summed E-state index contributed by atoms with van der Waals surface area (Å²) in [6.45, 7) is 4.85. The van der Waals surface area contributed by atoms with Crippen LogP contribution in [0.4, 0.5) is 10.5 Å². The van der Waals surface area contributed by atoms with Gasteiger partial charge in [0, 0.05) is 18.7 Å². The Morgan fingerprint density at radius 3 is 2.17 bits per heavy atom. The Hall–Kier alpha value is -2.49. The van der Waals surface area contributed by atoms with E-state index in [2.05, 4.69) is 11.8 Å². The summed E-state index contributed by atoms with van der Waals surface area (Å²) < 4.78 is 10.8. The Morgan fingerprint density at radius 1 is 1.00 bits per heavy atom. The van der Waals surface area contributed by atoms with Crippen LogP contribution in [-0.2, 0) is 4.74 Å². The lowest BCUT2D eigenvalue weighted by Crippen LogP contribution is -2.39. The zero-order valence-corrected chi connectivity index (χ0v) is 13.6. The lowest BCUT2D eigenvalue weighted by molar-refractivity contribution is 0.0528. The van der Waals surface area contributed by atoms with Crippen molar-refractivity contribution in [2.45, 2.75) is 32.9 Å². The van der Waals surface area contributed by atoms with Crippen molar-refractivity contribution in [1.29, 1.82) is 0 Å². The van der Waals surface area contributed by atoms with Crippen LogP contribution in [0.1, 0.15) is 26.7 Å². The first-order valence-corrected chi connectivity index (χ1v) is 7.99. The van der Waals surface area contributed by atoms with Crippen molar-refractivity contribution < 1.29 is 14.3 Å². The molecule has 122 valence electrons. The average molecular weight is 313 g/mol. The van der Waals surface area contributed by atoms with Crippen LogP contribution in [-0.4, -0.2) is 18.9 Å². The number of anilines is 1. The smallest absolute Gasteiger partial charge is 0.410 e. The molecule has 0 N–H and O–H groups in total. The van der Waals surface area contributed by atoms with Gasteiger partial charge >= 0.3 is 6.16 Å². The van der Waals surface area contributed by atoms with Gasteiger partial charge in [-0.2, -0.15) is 0 Å². The van der Waals surface area contributed by atoms with Crippen LogP contribution in [0.15, 0.2) is 60.7 Å². The van der Waals surface area contributed by atoms with Crippen LogP contribution >= 0.6 is 0 Å². The van der Waals surface area contributed by atoms with Gasteiger partial charge in [-0.25, -0.2) is 4.79 Å². The summed E-state index contributed by atoms with van der Waals surface area (Å²) >= 11 is 0. The number of para-hydroxylation sites is 2. The van der Waals surface area contributed by atoms with Crippen molar-refractivity contribution in [2.24, 2.45) is 0 Å². The third-order valence-corrected chi connectivity index (χ3v) is 3.49. The van der Waals surface area contributed by atoms with Crippen LogP contribution < -0.4 is 9.64 Å². The lowest BCUT2D eigenvalue weighted by atomic mass is 10.2. The summed E-state index contributed by atoms with van der Waals surface area (Å²) in [5.74, 6) is 0.482. The van der Waals surface area contributed by atoms with Crippen molar-refractivity contribution in [3.8, 4) is 5.75 Å². The molecule has 23 heavy (non-hydrogen) atoms. The molecule has 1 atom stereocenters. The van der Waals surface area contributed by atoms with Gasteiger partial charge < -0.3 is 14.4 Å². The molecule has 4 nitrogen and oxygen atoms in total. The van der Waals surface area contributed by atoms with Gasteiger partial charge in [0.05, 0.1) is 0 Å². The predicted octanol–water partition coefficient (Wildman–Crippen LogP) is 4.85. The molecule has 0 saturated carbocycles. The maximum Gasteiger partial charge on any atom is 0.515 e. The van der Waals surface area contributed by atoms with Crippen molar-refractivity contribution in [3.63, 3.8) is 0 Å². The minimum Gasteiger partial charge on any atom is -0.410 e. The van der Waals surface area contributed by atoms with E-state index in [4.69, 9.17) is 9.47 Å². The monoisotopic (exact) mass is 313 g/mol. The summed E-state index contributed by atoms with van der Waals surface area (Å²) in [5, 5.41) is 0. The molecule has 0 heterocycles. The second-order valence-electron chi connectivity index (χ2n) is 5.15. The summed E-state index contributed by atoms with van der Waals surface area (Å²) in [5.41, 5.74) is 1.03. The van der Waals surface area contributed by atoms with E-state index in [1.54, 1.807) is 12.1 Å². The molecule has 2 aromatic carbocycles. The average Bonchev–Trinajstić information content (AvgIpc) is 2.57. The van der Waals surface area contributed by atoms with Crippen molar-refractivity contribution >= 4 is 11.8 Å². The van der Waals surface area contributed by atoms with E-state index in [0.717, 1.165) is 25.1 Å².